The van der Waals surface area contributed by atoms with Crippen LogP contribution in [-0.2, 0) is 10.0 Å². The Morgan fingerprint density at radius 3 is 2.38 bits per heavy atom. The zero-order chi connectivity index (χ0) is 21.2. The van der Waals surface area contributed by atoms with Crippen molar-refractivity contribution in [3.05, 3.63) is 53.1 Å². The van der Waals surface area contributed by atoms with E-state index in [4.69, 9.17) is 0 Å². The fourth-order valence-electron chi connectivity index (χ4n) is 3.54. The molecule has 1 fully saturated rings. The van der Waals surface area contributed by atoms with Gasteiger partial charge in [0.15, 0.2) is 0 Å². The third-order valence-corrected chi connectivity index (χ3v) is 8.71. The molecule has 3 rings (SSSR count). The van der Waals surface area contributed by atoms with Gasteiger partial charge in [-0.15, -0.1) is 0 Å². The van der Waals surface area contributed by atoms with Gasteiger partial charge in [0.05, 0.1) is 16.5 Å². The first-order valence-electron chi connectivity index (χ1n) is 9.68. The van der Waals surface area contributed by atoms with E-state index in [0.29, 0.717) is 29.6 Å². The Morgan fingerprint density at radius 1 is 1.07 bits per heavy atom. The molecule has 5 nitrogen and oxygen atoms in total. The van der Waals surface area contributed by atoms with Gasteiger partial charge in [-0.3, -0.25) is 0 Å². The Morgan fingerprint density at radius 2 is 1.76 bits per heavy atom. The molecule has 1 aliphatic heterocycles. The molecular formula is C22H27N3O2S2. The van der Waals surface area contributed by atoms with E-state index in [9.17, 15) is 13.7 Å². The predicted molar refractivity (Wildman–Crippen MR) is 117 cm³/mol. The minimum Gasteiger partial charge on any atom is -0.306 e. The molecule has 0 radical (unpaired) electrons. The highest BCUT2D eigenvalue weighted by atomic mass is 32.2. The topological polar surface area (TPSA) is 64.4 Å². The van der Waals surface area contributed by atoms with Crippen molar-refractivity contribution in [2.75, 3.05) is 27.2 Å². The fourth-order valence-corrected chi connectivity index (χ4v) is 6.55. The molecule has 0 spiro atoms. The number of nitriles is 1. The lowest BCUT2D eigenvalue weighted by atomic mass is 10.1. The summed E-state index contributed by atoms with van der Waals surface area (Å²) < 4.78 is 28.5. The molecule has 2 aromatic carbocycles. The van der Waals surface area contributed by atoms with Crippen LogP contribution in [0.1, 0.15) is 29.5 Å². The molecule has 154 valence electrons. The molecule has 1 saturated heterocycles. The third-order valence-electron chi connectivity index (χ3n) is 5.41. The summed E-state index contributed by atoms with van der Waals surface area (Å²) in [6, 6.07) is 13.6. The van der Waals surface area contributed by atoms with Crippen LogP contribution in [-0.4, -0.2) is 50.8 Å². The van der Waals surface area contributed by atoms with Gasteiger partial charge in [-0.05, 0) is 76.2 Å². The van der Waals surface area contributed by atoms with E-state index in [2.05, 4.69) is 17.0 Å². The molecule has 0 saturated carbocycles. The van der Waals surface area contributed by atoms with Crippen LogP contribution in [0, 0.1) is 25.2 Å². The Kier molecular flexibility index (Phi) is 6.69. The van der Waals surface area contributed by atoms with E-state index in [1.165, 1.54) is 17.8 Å². The lowest BCUT2D eigenvalue weighted by Gasteiger charge is -2.34. The molecule has 0 bridgehead atoms. The standard InChI is InChI=1S/C22H27N3O2S2/c1-16-5-6-17(2)21(13-16)28-20-8-7-18(15-23)14-22(20)29(26,27)25-11-9-19(10-12-25)24(3)4/h5-8,13-14,19H,9-12H2,1-4H3. The molecule has 0 N–H and O–H groups in total. The Balaban J connectivity index is 1.97. The van der Waals surface area contributed by atoms with Crippen LogP contribution in [0.2, 0.25) is 0 Å². The Hall–Kier alpha value is -1.85. The summed E-state index contributed by atoms with van der Waals surface area (Å²) in [5.41, 5.74) is 2.58. The summed E-state index contributed by atoms with van der Waals surface area (Å²) in [7, 11) is 0.389. The second kappa shape index (κ2) is 8.88. The summed E-state index contributed by atoms with van der Waals surface area (Å²) in [6.45, 7) is 5.03. The summed E-state index contributed by atoms with van der Waals surface area (Å²) in [6.07, 6.45) is 1.62. The minimum absolute atomic E-state index is 0.228. The molecule has 29 heavy (non-hydrogen) atoms. The van der Waals surface area contributed by atoms with Crippen molar-refractivity contribution in [3.8, 4) is 6.07 Å². The highest BCUT2D eigenvalue weighted by molar-refractivity contribution is 8.00. The molecule has 0 unspecified atom stereocenters. The van der Waals surface area contributed by atoms with Gasteiger partial charge in [0.2, 0.25) is 10.0 Å². The molecule has 0 atom stereocenters. The van der Waals surface area contributed by atoms with Crippen LogP contribution in [0.15, 0.2) is 51.1 Å². The molecule has 1 heterocycles. The van der Waals surface area contributed by atoms with Gasteiger partial charge in [0.25, 0.3) is 0 Å². The van der Waals surface area contributed by atoms with Crippen molar-refractivity contribution < 1.29 is 8.42 Å². The molecule has 0 amide bonds. The van der Waals surface area contributed by atoms with Crippen LogP contribution >= 0.6 is 11.8 Å². The number of nitrogens with zero attached hydrogens (tertiary/aromatic N) is 3. The third kappa shape index (κ3) is 4.84. The second-order valence-corrected chi connectivity index (χ2v) is 10.7. The van der Waals surface area contributed by atoms with E-state index < -0.39 is 10.0 Å². The molecule has 7 heteroatoms. The van der Waals surface area contributed by atoms with Crippen LogP contribution in [0.25, 0.3) is 0 Å². The molecule has 0 aromatic heterocycles. The largest absolute Gasteiger partial charge is 0.306 e. The second-order valence-electron chi connectivity index (χ2n) is 7.74. The number of benzene rings is 2. The Labute approximate surface area is 178 Å². The van der Waals surface area contributed by atoms with E-state index in [0.717, 1.165) is 28.9 Å². The summed E-state index contributed by atoms with van der Waals surface area (Å²) >= 11 is 1.45. The maximum absolute atomic E-state index is 13.5. The maximum Gasteiger partial charge on any atom is 0.244 e. The van der Waals surface area contributed by atoms with Crippen molar-refractivity contribution in [1.29, 1.82) is 5.26 Å². The number of aryl methyl sites for hydroxylation is 2. The lowest BCUT2D eigenvalue weighted by molar-refractivity contribution is 0.196. The SMILES string of the molecule is Cc1ccc(C)c(Sc2ccc(C#N)cc2S(=O)(=O)N2CCC(N(C)C)CC2)c1. The van der Waals surface area contributed by atoms with Gasteiger partial charge in [0.1, 0.15) is 0 Å². The highest BCUT2D eigenvalue weighted by Gasteiger charge is 2.32. The zero-order valence-electron chi connectivity index (χ0n) is 17.3. The monoisotopic (exact) mass is 429 g/mol. The van der Waals surface area contributed by atoms with Gasteiger partial charge < -0.3 is 4.90 Å². The van der Waals surface area contributed by atoms with Crippen molar-refractivity contribution >= 4 is 21.8 Å². The summed E-state index contributed by atoms with van der Waals surface area (Å²) in [5.74, 6) is 0. The summed E-state index contributed by atoms with van der Waals surface area (Å²) in [5, 5.41) is 9.32. The van der Waals surface area contributed by atoms with Crippen molar-refractivity contribution in [2.45, 2.75) is 47.4 Å². The van der Waals surface area contributed by atoms with Gasteiger partial charge in [-0.2, -0.15) is 9.57 Å². The van der Waals surface area contributed by atoms with Crippen LogP contribution in [0.5, 0.6) is 0 Å². The first-order valence-corrected chi connectivity index (χ1v) is 11.9. The number of hydrogen-bond acceptors (Lipinski definition) is 5. The average Bonchev–Trinajstić information content (AvgIpc) is 2.71. The van der Waals surface area contributed by atoms with Crippen molar-refractivity contribution in [1.82, 2.24) is 9.21 Å². The minimum atomic E-state index is -3.67. The van der Waals surface area contributed by atoms with Gasteiger partial charge in [0, 0.05) is 28.9 Å². The highest BCUT2D eigenvalue weighted by Crippen LogP contribution is 2.37. The zero-order valence-corrected chi connectivity index (χ0v) is 19.0. The molecular weight excluding hydrogens is 402 g/mol. The van der Waals surface area contributed by atoms with E-state index in [1.54, 1.807) is 16.4 Å². The van der Waals surface area contributed by atoms with Gasteiger partial charge in [-0.25, -0.2) is 8.42 Å². The molecule has 2 aromatic rings. The lowest BCUT2D eigenvalue weighted by Crippen LogP contribution is -2.44. The van der Waals surface area contributed by atoms with Crippen LogP contribution in [0.4, 0.5) is 0 Å². The normalized spacial score (nSPS) is 16.1. The number of piperidine rings is 1. The van der Waals surface area contributed by atoms with Crippen LogP contribution in [0.3, 0.4) is 0 Å². The van der Waals surface area contributed by atoms with Crippen molar-refractivity contribution in [2.24, 2.45) is 0 Å². The van der Waals surface area contributed by atoms with Crippen LogP contribution < -0.4 is 0 Å². The van der Waals surface area contributed by atoms with E-state index in [1.807, 2.05) is 40.1 Å². The van der Waals surface area contributed by atoms with Gasteiger partial charge in [-0.1, -0.05) is 23.9 Å². The average molecular weight is 430 g/mol. The van der Waals surface area contributed by atoms with Crippen molar-refractivity contribution in [3.63, 3.8) is 0 Å². The first-order chi connectivity index (χ1) is 13.7. The quantitative estimate of drug-likeness (QED) is 0.718. The molecule has 1 aliphatic rings. The number of sulfonamides is 1. The fraction of sp³-hybridized carbons (Fsp3) is 0.409. The number of rotatable bonds is 5. The smallest absolute Gasteiger partial charge is 0.244 e. The van der Waals surface area contributed by atoms with Gasteiger partial charge >= 0.3 is 0 Å². The first kappa shape index (κ1) is 21.8. The molecule has 0 aliphatic carbocycles. The number of hydrogen-bond donors (Lipinski definition) is 0. The predicted octanol–water partition coefficient (Wildman–Crippen LogP) is 4.04. The summed E-state index contributed by atoms with van der Waals surface area (Å²) in [4.78, 5) is 4.07. The Bertz CT molecular complexity index is 1030. The van der Waals surface area contributed by atoms with E-state index in [-0.39, 0.29) is 4.90 Å². The maximum atomic E-state index is 13.5. The van der Waals surface area contributed by atoms with E-state index >= 15 is 0 Å².